The Labute approximate surface area is 182 Å². The Morgan fingerprint density at radius 1 is 1.29 bits per heavy atom. The monoisotopic (exact) mass is 501 g/mol. The molecule has 0 saturated carbocycles. The van der Waals surface area contributed by atoms with E-state index in [-0.39, 0.29) is 35.8 Å². The van der Waals surface area contributed by atoms with Crippen molar-refractivity contribution in [2.45, 2.75) is 25.3 Å². The molecular formula is C18H28IN7O2. The third-order valence-electron chi connectivity index (χ3n) is 5.31. The molecule has 0 bridgehead atoms. The molecule has 1 aromatic rings. The van der Waals surface area contributed by atoms with Gasteiger partial charge in [0.1, 0.15) is 5.54 Å². The number of urea groups is 1. The molecule has 1 aromatic heterocycles. The molecule has 3 heterocycles. The predicted octanol–water partition coefficient (Wildman–Crippen LogP) is 0.997. The zero-order chi connectivity index (χ0) is 19.3. The number of imide groups is 1. The van der Waals surface area contributed by atoms with Crippen molar-refractivity contribution in [3.05, 3.63) is 24.5 Å². The summed E-state index contributed by atoms with van der Waals surface area (Å²) in [5.41, 5.74) is 0.224. The van der Waals surface area contributed by atoms with Crippen LogP contribution in [0.15, 0.2) is 29.5 Å². The van der Waals surface area contributed by atoms with Gasteiger partial charge in [-0.3, -0.25) is 20.1 Å². The number of carbonyl (C=O) groups is 2. The number of hydrogen-bond donors (Lipinski definition) is 4. The van der Waals surface area contributed by atoms with Crippen LogP contribution in [0.5, 0.6) is 0 Å². The van der Waals surface area contributed by atoms with Gasteiger partial charge in [-0.25, -0.2) is 4.79 Å². The fraction of sp³-hybridized carbons (Fsp3) is 0.556. The number of anilines is 1. The minimum atomic E-state index is -0.811. The van der Waals surface area contributed by atoms with Gasteiger partial charge in [0.05, 0.1) is 0 Å². The lowest BCUT2D eigenvalue weighted by molar-refractivity contribution is -0.125. The molecule has 28 heavy (non-hydrogen) atoms. The number of aliphatic imine (C=N–C) groups is 1. The van der Waals surface area contributed by atoms with E-state index in [2.05, 4.69) is 36.1 Å². The van der Waals surface area contributed by atoms with E-state index in [1.54, 1.807) is 19.4 Å². The zero-order valence-corrected chi connectivity index (χ0v) is 18.5. The number of nitrogens with zero attached hydrogens (tertiary/aromatic N) is 3. The molecule has 0 aliphatic carbocycles. The SMILES string of the molecule is CN=C(NCCNc1ccncc1)N1CCC(C2(C)NC(=O)NC2=O)CC1.I. The van der Waals surface area contributed by atoms with Crippen LogP contribution in [0, 0.1) is 5.92 Å². The molecule has 154 valence electrons. The van der Waals surface area contributed by atoms with E-state index in [1.165, 1.54) is 0 Å². The van der Waals surface area contributed by atoms with Crippen molar-refractivity contribution in [1.29, 1.82) is 0 Å². The Morgan fingerprint density at radius 3 is 2.54 bits per heavy atom. The first-order valence-corrected chi connectivity index (χ1v) is 9.26. The number of aromatic nitrogens is 1. The van der Waals surface area contributed by atoms with Crippen molar-refractivity contribution in [1.82, 2.24) is 25.8 Å². The third-order valence-corrected chi connectivity index (χ3v) is 5.31. The summed E-state index contributed by atoms with van der Waals surface area (Å²) in [6.07, 6.45) is 5.15. The number of nitrogens with one attached hydrogen (secondary N) is 4. The van der Waals surface area contributed by atoms with Gasteiger partial charge in [-0.05, 0) is 37.8 Å². The van der Waals surface area contributed by atoms with E-state index in [4.69, 9.17) is 0 Å². The summed E-state index contributed by atoms with van der Waals surface area (Å²) >= 11 is 0. The van der Waals surface area contributed by atoms with Gasteiger partial charge in [-0.15, -0.1) is 24.0 Å². The molecule has 0 aromatic carbocycles. The van der Waals surface area contributed by atoms with Crippen LogP contribution in [0.3, 0.4) is 0 Å². The lowest BCUT2D eigenvalue weighted by Gasteiger charge is -2.39. The van der Waals surface area contributed by atoms with Crippen molar-refractivity contribution in [3.8, 4) is 0 Å². The van der Waals surface area contributed by atoms with Crippen LogP contribution in [0.25, 0.3) is 0 Å². The Kier molecular flexibility index (Phi) is 7.84. The van der Waals surface area contributed by atoms with Crippen molar-refractivity contribution < 1.29 is 9.59 Å². The quantitative estimate of drug-likeness (QED) is 0.158. The van der Waals surface area contributed by atoms with E-state index in [1.807, 2.05) is 19.1 Å². The van der Waals surface area contributed by atoms with Crippen molar-refractivity contribution in [2.75, 3.05) is 38.5 Å². The predicted molar refractivity (Wildman–Crippen MR) is 119 cm³/mol. The van der Waals surface area contributed by atoms with Crippen LogP contribution in [0.4, 0.5) is 10.5 Å². The Bertz CT molecular complexity index is 707. The molecule has 0 radical (unpaired) electrons. The third kappa shape index (κ3) is 5.03. The molecule has 3 amide bonds. The molecule has 1 unspecified atom stereocenters. The van der Waals surface area contributed by atoms with Gasteiger partial charge in [-0.1, -0.05) is 0 Å². The second kappa shape index (κ2) is 9.89. The molecule has 0 spiro atoms. The van der Waals surface area contributed by atoms with Gasteiger partial charge in [0.25, 0.3) is 5.91 Å². The first kappa shape index (κ1) is 22.2. The molecule has 2 saturated heterocycles. The summed E-state index contributed by atoms with van der Waals surface area (Å²) in [7, 11) is 1.77. The highest BCUT2D eigenvalue weighted by Crippen LogP contribution is 2.30. The highest BCUT2D eigenvalue weighted by atomic mass is 127. The summed E-state index contributed by atoms with van der Waals surface area (Å²) in [5.74, 6) is 0.748. The lowest BCUT2D eigenvalue weighted by atomic mass is 9.79. The molecule has 2 fully saturated rings. The van der Waals surface area contributed by atoms with Crippen LogP contribution >= 0.6 is 24.0 Å². The number of rotatable bonds is 5. The summed E-state index contributed by atoms with van der Waals surface area (Å²) in [4.78, 5) is 34.2. The average Bonchev–Trinajstić information content (AvgIpc) is 2.95. The van der Waals surface area contributed by atoms with Crippen LogP contribution in [0.2, 0.25) is 0 Å². The summed E-state index contributed by atoms with van der Waals surface area (Å²) in [6, 6.07) is 3.46. The maximum Gasteiger partial charge on any atom is 0.322 e. The standard InChI is InChI=1S/C18H27N7O2.HI/c1-18(15(26)23-17(27)24-18)13-5-11-25(12-6-13)16(19-2)22-10-9-21-14-3-7-20-8-4-14;/h3-4,7-8,13H,5-6,9-12H2,1-2H3,(H,19,22)(H,20,21)(H2,23,24,26,27);1H. The van der Waals surface area contributed by atoms with E-state index in [0.29, 0.717) is 0 Å². The number of hydrogen-bond acceptors (Lipinski definition) is 5. The molecule has 2 aliphatic heterocycles. The molecule has 2 aliphatic rings. The molecule has 4 N–H and O–H groups in total. The van der Waals surface area contributed by atoms with Gasteiger partial charge in [-0.2, -0.15) is 0 Å². The Balaban J connectivity index is 0.00000280. The van der Waals surface area contributed by atoms with Gasteiger partial charge in [0.15, 0.2) is 5.96 Å². The maximum absolute atomic E-state index is 12.1. The van der Waals surface area contributed by atoms with Gasteiger partial charge < -0.3 is 20.9 Å². The smallest absolute Gasteiger partial charge is 0.322 e. The van der Waals surface area contributed by atoms with Gasteiger partial charge in [0, 0.05) is 51.3 Å². The molecule has 9 nitrogen and oxygen atoms in total. The number of pyridine rings is 1. The van der Waals surface area contributed by atoms with Crippen LogP contribution in [-0.2, 0) is 4.79 Å². The number of piperidine rings is 1. The van der Waals surface area contributed by atoms with Crippen molar-refractivity contribution in [2.24, 2.45) is 10.9 Å². The highest BCUT2D eigenvalue weighted by molar-refractivity contribution is 14.0. The number of amides is 3. The van der Waals surface area contributed by atoms with Crippen molar-refractivity contribution in [3.63, 3.8) is 0 Å². The number of carbonyl (C=O) groups excluding carboxylic acids is 2. The van der Waals surface area contributed by atoms with Gasteiger partial charge in [0.2, 0.25) is 0 Å². The topological polar surface area (TPSA) is 111 Å². The zero-order valence-electron chi connectivity index (χ0n) is 16.2. The number of guanidine groups is 1. The summed E-state index contributed by atoms with van der Waals surface area (Å²) in [5, 5.41) is 11.8. The second-order valence-electron chi connectivity index (χ2n) is 7.01. The largest absolute Gasteiger partial charge is 0.383 e. The average molecular weight is 501 g/mol. The van der Waals surface area contributed by atoms with Gasteiger partial charge >= 0.3 is 6.03 Å². The van der Waals surface area contributed by atoms with Crippen LogP contribution in [0.1, 0.15) is 19.8 Å². The Morgan fingerprint density at radius 2 is 1.96 bits per heavy atom. The minimum absolute atomic E-state index is 0. The molecular weight excluding hydrogens is 473 g/mol. The van der Waals surface area contributed by atoms with Crippen LogP contribution < -0.4 is 21.3 Å². The Hall–Kier alpha value is -2.11. The van der Waals surface area contributed by atoms with E-state index >= 15 is 0 Å². The molecule has 3 rings (SSSR count). The maximum atomic E-state index is 12.1. The molecule has 10 heteroatoms. The minimum Gasteiger partial charge on any atom is -0.383 e. The number of likely N-dealkylation sites (tertiary alicyclic amines) is 1. The fourth-order valence-electron chi connectivity index (χ4n) is 3.70. The first-order valence-electron chi connectivity index (χ1n) is 9.26. The first-order chi connectivity index (χ1) is 13.0. The van der Waals surface area contributed by atoms with Crippen molar-refractivity contribution >= 4 is 47.6 Å². The summed E-state index contributed by atoms with van der Waals surface area (Å²) in [6.45, 7) is 4.90. The molecule has 1 atom stereocenters. The van der Waals surface area contributed by atoms with Crippen LogP contribution in [-0.4, -0.2) is 66.5 Å². The lowest BCUT2D eigenvalue weighted by Crippen LogP contribution is -2.55. The summed E-state index contributed by atoms with van der Waals surface area (Å²) < 4.78 is 0. The fourth-order valence-corrected chi connectivity index (χ4v) is 3.70. The second-order valence-corrected chi connectivity index (χ2v) is 7.01. The van der Waals surface area contributed by atoms with E-state index in [9.17, 15) is 9.59 Å². The van der Waals surface area contributed by atoms with E-state index in [0.717, 1.165) is 50.7 Å². The normalized spacial score (nSPS) is 22.9. The van der Waals surface area contributed by atoms with E-state index < -0.39 is 11.6 Å². The highest BCUT2D eigenvalue weighted by Gasteiger charge is 2.48. The number of halogens is 1.